The number of hydrogen-bond donors (Lipinski definition) is 2. The third-order valence-electron chi connectivity index (χ3n) is 5.38. The quantitative estimate of drug-likeness (QED) is 0.371. The first kappa shape index (κ1) is 21.9. The Morgan fingerprint density at radius 3 is 2.62 bits per heavy atom. The first-order valence-electron chi connectivity index (χ1n) is 10.1. The van der Waals surface area contributed by atoms with Crippen LogP contribution in [0.1, 0.15) is 27.2 Å². The van der Waals surface area contributed by atoms with E-state index >= 15 is 0 Å². The minimum atomic E-state index is -1.05. The van der Waals surface area contributed by atoms with Gasteiger partial charge in [-0.25, -0.2) is 9.18 Å². The van der Waals surface area contributed by atoms with Gasteiger partial charge in [-0.15, -0.1) is 0 Å². The third kappa shape index (κ3) is 4.47. The van der Waals surface area contributed by atoms with E-state index in [2.05, 4.69) is 5.32 Å². The summed E-state index contributed by atoms with van der Waals surface area (Å²) in [5.41, 5.74) is 3.11. The van der Waals surface area contributed by atoms with E-state index in [1.54, 1.807) is 35.9 Å². The van der Waals surface area contributed by atoms with Crippen LogP contribution in [0.2, 0.25) is 5.02 Å². The Bertz CT molecular complexity index is 1290. The molecule has 32 heavy (non-hydrogen) atoms. The van der Waals surface area contributed by atoms with Gasteiger partial charge in [0.25, 0.3) is 0 Å². The second-order valence-corrected chi connectivity index (χ2v) is 7.83. The van der Waals surface area contributed by atoms with Crippen molar-refractivity contribution >= 4 is 28.5 Å². The van der Waals surface area contributed by atoms with Crippen LogP contribution in [-0.4, -0.2) is 22.8 Å². The molecule has 0 amide bonds. The minimum absolute atomic E-state index is 0.157. The molecule has 0 spiro atoms. The maximum absolute atomic E-state index is 13.8. The molecule has 0 saturated carbocycles. The number of nitrogens with zero attached hydrogens (tertiary/aromatic N) is 1. The number of benzene rings is 3. The predicted molar refractivity (Wildman–Crippen MR) is 123 cm³/mol. The Morgan fingerprint density at radius 2 is 1.91 bits per heavy atom. The van der Waals surface area contributed by atoms with Crippen LogP contribution >= 0.6 is 11.6 Å². The van der Waals surface area contributed by atoms with E-state index in [4.69, 9.17) is 16.3 Å². The topological polar surface area (TPSA) is 63.5 Å². The average molecular weight is 453 g/mol. The van der Waals surface area contributed by atoms with Crippen LogP contribution in [0, 0.1) is 5.82 Å². The number of carbonyl (C=O) groups is 1. The molecule has 2 N–H and O–H groups in total. The van der Waals surface area contributed by atoms with E-state index in [0.717, 1.165) is 10.9 Å². The molecule has 4 aromatic rings. The summed E-state index contributed by atoms with van der Waals surface area (Å²) < 4.78 is 20.8. The molecule has 0 radical (unpaired) electrons. The standard InChI is InChI=1S/C25H22ClFN2O3/c1-32-19-9-10-20-21(14-28-13-17-6-2-3-8-22(17)26)24(25(30)31)29(23(20)12-19)15-16-5-4-7-18(27)11-16/h2-12,28H,13-15H2,1H3,(H,30,31). The zero-order valence-electron chi connectivity index (χ0n) is 17.4. The Morgan fingerprint density at radius 1 is 1.09 bits per heavy atom. The van der Waals surface area contributed by atoms with E-state index < -0.39 is 5.97 Å². The Balaban J connectivity index is 1.76. The molecule has 1 aromatic heterocycles. The van der Waals surface area contributed by atoms with Crippen LogP contribution in [-0.2, 0) is 19.6 Å². The molecule has 0 aliphatic carbocycles. The van der Waals surface area contributed by atoms with E-state index in [1.807, 2.05) is 30.3 Å². The minimum Gasteiger partial charge on any atom is -0.497 e. The highest BCUT2D eigenvalue weighted by Gasteiger charge is 2.23. The maximum Gasteiger partial charge on any atom is 0.352 e. The Hall–Kier alpha value is -3.35. The lowest BCUT2D eigenvalue weighted by atomic mass is 10.1. The number of carboxylic acid groups (broad SMARTS) is 1. The van der Waals surface area contributed by atoms with E-state index in [9.17, 15) is 14.3 Å². The van der Waals surface area contributed by atoms with Gasteiger partial charge in [-0.05, 0) is 41.5 Å². The number of aromatic nitrogens is 1. The van der Waals surface area contributed by atoms with Crippen molar-refractivity contribution in [1.29, 1.82) is 0 Å². The van der Waals surface area contributed by atoms with Gasteiger partial charge in [-0.2, -0.15) is 0 Å². The molecule has 5 nitrogen and oxygen atoms in total. The van der Waals surface area contributed by atoms with Crippen molar-refractivity contribution in [3.05, 3.63) is 100.0 Å². The fourth-order valence-corrected chi connectivity index (χ4v) is 4.10. The zero-order valence-corrected chi connectivity index (χ0v) is 18.2. The van der Waals surface area contributed by atoms with Gasteiger partial charge >= 0.3 is 5.97 Å². The lowest BCUT2D eigenvalue weighted by Crippen LogP contribution is -2.17. The van der Waals surface area contributed by atoms with Gasteiger partial charge in [-0.3, -0.25) is 0 Å². The number of methoxy groups -OCH3 is 1. The SMILES string of the molecule is COc1ccc2c(CNCc3ccccc3Cl)c(C(=O)O)n(Cc3cccc(F)c3)c2c1. The van der Waals surface area contributed by atoms with Crippen molar-refractivity contribution in [2.75, 3.05) is 7.11 Å². The second kappa shape index (κ2) is 9.42. The molecule has 0 aliphatic heterocycles. The summed E-state index contributed by atoms with van der Waals surface area (Å²) in [5, 5.41) is 14.8. The zero-order chi connectivity index (χ0) is 22.7. The number of fused-ring (bicyclic) bond motifs is 1. The van der Waals surface area contributed by atoms with Gasteiger partial charge in [-0.1, -0.05) is 41.9 Å². The first-order chi connectivity index (χ1) is 15.5. The van der Waals surface area contributed by atoms with Gasteiger partial charge in [0, 0.05) is 41.7 Å². The summed E-state index contributed by atoms with van der Waals surface area (Å²) in [7, 11) is 1.56. The summed E-state index contributed by atoms with van der Waals surface area (Å²) in [6.45, 7) is 1.03. The number of ether oxygens (including phenoxy) is 1. The lowest BCUT2D eigenvalue weighted by Gasteiger charge is -2.11. The molecule has 3 aromatic carbocycles. The first-order valence-corrected chi connectivity index (χ1v) is 10.5. The number of nitrogens with one attached hydrogen (secondary N) is 1. The molecule has 0 saturated heterocycles. The van der Waals surface area contributed by atoms with E-state index in [-0.39, 0.29) is 18.1 Å². The van der Waals surface area contributed by atoms with Crippen LogP contribution in [0.15, 0.2) is 66.7 Å². The molecule has 0 bridgehead atoms. The van der Waals surface area contributed by atoms with Gasteiger partial charge in [0.05, 0.1) is 12.6 Å². The molecule has 0 aliphatic rings. The summed E-state index contributed by atoms with van der Waals surface area (Å²) in [6.07, 6.45) is 0. The monoisotopic (exact) mass is 452 g/mol. The molecular weight excluding hydrogens is 431 g/mol. The van der Waals surface area contributed by atoms with Crippen molar-refractivity contribution in [2.45, 2.75) is 19.6 Å². The average Bonchev–Trinajstić information content (AvgIpc) is 3.08. The van der Waals surface area contributed by atoms with E-state index in [0.29, 0.717) is 40.5 Å². The summed E-state index contributed by atoms with van der Waals surface area (Å²) in [5.74, 6) is -0.802. The highest BCUT2D eigenvalue weighted by Crippen LogP contribution is 2.31. The molecule has 7 heteroatoms. The van der Waals surface area contributed by atoms with Gasteiger partial charge in [0.15, 0.2) is 0 Å². The third-order valence-corrected chi connectivity index (χ3v) is 5.75. The van der Waals surface area contributed by atoms with Gasteiger partial charge < -0.3 is 19.7 Å². The van der Waals surface area contributed by atoms with Crippen LogP contribution in [0.4, 0.5) is 4.39 Å². The molecule has 1 heterocycles. The summed E-state index contributed by atoms with van der Waals surface area (Å²) >= 11 is 6.24. The fourth-order valence-electron chi connectivity index (χ4n) is 3.90. The van der Waals surface area contributed by atoms with Crippen molar-refractivity contribution in [1.82, 2.24) is 9.88 Å². The molecule has 164 valence electrons. The maximum atomic E-state index is 13.8. The highest BCUT2D eigenvalue weighted by atomic mass is 35.5. The number of aromatic carboxylic acids is 1. The smallest absolute Gasteiger partial charge is 0.352 e. The highest BCUT2D eigenvalue weighted by molar-refractivity contribution is 6.31. The molecule has 0 fully saturated rings. The molecule has 0 atom stereocenters. The fraction of sp³-hybridized carbons (Fsp3) is 0.160. The number of carboxylic acids is 1. The van der Waals surface area contributed by atoms with Crippen LogP contribution in [0.5, 0.6) is 5.75 Å². The van der Waals surface area contributed by atoms with Crippen LogP contribution in [0.3, 0.4) is 0 Å². The van der Waals surface area contributed by atoms with Crippen LogP contribution < -0.4 is 10.1 Å². The summed E-state index contributed by atoms with van der Waals surface area (Å²) in [4.78, 5) is 12.3. The van der Waals surface area contributed by atoms with Gasteiger partial charge in [0.1, 0.15) is 17.3 Å². The van der Waals surface area contributed by atoms with Crippen LogP contribution in [0.25, 0.3) is 10.9 Å². The normalized spacial score (nSPS) is 11.1. The number of rotatable bonds is 8. The molecule has 0 unspecified atom stereocenters. The Kier molecular flexibility index (Phi) is 6.44. The molecule has 4 rings (SSSR count). The second-order valence-electron chi connectivity index (χ2n) is 7.43. The van der Waals surface area contributed by atoms with E-state index in [1.165, 1.54) is 12.1 Å². The number of halogens is 2. The lowest BCUT2D eigenvalue weighted by molar-refractivity contribution is 0.0684. The largest absolute Gasteiger partial charge is 0.497 e. The van der Waals surface area contributed by atoms with Crippen molar-refractivity contribution in [3.63, 3.8) is 0 Å². The van der Waals surface area contributed by atoms with Crippen molar-refractivity contribution in [3.8, 4) is 5.75 Å². The number of hydrogen-bond acceptors (Lipinski definition) is 3. The summed E-state index contributed by atoms with van der Waals surface area (Å²) in [6, 6.07) is 19.1. The molecular formula is C25H22ClFN2O3. The van der Waals surface area contributed by atoms with Gasteiger partial charge in [0.2, 0.25) is 0 Å². The van der Waals surface area contributed by atoms with Crippen molar-refractivity contribution < 1.29 is 19.0 Å². The predicted octanol–water partition coefficient (Wildman–Crippen LogP) is 5.48. The van der Waals surface area contributed by atoms with Crippen molar-refractivity contribution in [2.24, 2.45) is 0 Å². The Labute approximate surface area is 190 Å².